The average Bonchev–Trinajstić information content (AvgIpc) is 2.39. The molecule has 0 aliphatic carbocycles. The number of likely N-dealkylation sites (tertiary alicyclic amines) is 1. The molecule has 1 aliphatic heterocycles. The van der Waals surface area contributed by atoms with Crippen molar-refractivity contribution < 1.29 is 4.74 Å². The van der Waals surface area contributed by atoms with Crippen LogP contribution in [0, 0.1) is 11.3 Å². The van der Waals surface area contributed by atoms with Crippen molar-refractivity contribution in [3.05, 3.63) is 0 Å². The third kappa shape index (κ3) is 6.55. The van der Waals surface area contributed by atoms with Crippen LogP contribution in [-0.2, 0) is 4.74 Å². The molecular formula is C17H36N2O. The Morgan fingerprint density at radius 1 is 1.35 bits per heavy atom. The number of nitrogens with one attached hydrogen (secondary N) is 1. The summed E-state index contributed by atoms with van der Waals surface area (Å²) in [4.78, 5) is 2.62. The van der Waals surface area contributed by atoms with E-state index < -0.39 is 0 Å². The van der Waals surface area contributed by atoms with Gasteiger partial charge in [-0.05, 0) is 50.6 Å². The van der Waals surface area contributed by atoms with Gasteiger partial charge in [-0.25, -0.2) is 0 Å². The van der Waals surface area contributed by atoms with E-state index in [0.717, 1.165) is 32.2 Å². The number of piperidine rings is 1. The molecule has 1 rings (SSSR count). The first-order valence-corrected chi connectivity index (χ1v) is 8.53. The topological polar surface area (TPSA) is 24.5 Å². The third-order valence-electron chi connectivity index (χ3n) is 4.43. The highest BCUT2D eigenvalue weighted by atomic mass is 16.5. The molecule has 0 aromatic rings. The van der Waals surface area contributed by atoms with Crippen molar-refractivity contribution in [2.45, 2.75) is 60.0 Å². The molecule has 1 fully saturated rings. The van der Waals surface area contributed by atoms with Gasteiger partial charge in [-0.15, -0.1) is 0 Å². The zero-order valence-electron chi connectivity index (χ0n) is 14.4. The lowest BCUT2D eigenvalue weighted by Gasteiger charge is -2.39. The van der Waals surface area contributed by atoms with Crippen molar-refractivity contribution in [3.63, 3.8) is 0 Å². The Labute approximate surface area is 126 Å². The highest BCUT2D eigenvalue weighted by Crippen LogP contribution is 2.24. The van der Waals surface area contributed by atoms with Crippen LogP contribution in [0.2, 0.25) is 0 Å². The van der Waals surface area contributed by atoms with Gasteiger partial charge in [0.2, 0.25) is 0 Å². The van der Waals surface area contributed by atoms with Crippen LogP contribution < -0.4 is 5.32 Å². The Hall–Kier alpha value is -0.120. The Balaban J connectivity index is 2.40. The van der Waals surface area contributed by atoms with Crippen molar-refractivity contribution in [1.82, 2.24) is 10.2 Å². The molecule has 0 amide bonds. The van der Waals surface area contributed by atoms with Gasteiger partial charge in [0.1, 0.15) is 0 Å². The third-order valence-corrected chi connectivity index (χ3v) is 4.43. The molecule has 1 aliphatic rings. The second kappa shape index (κ2) is 9.01. The van der Waals surface area contributed by atoms with Gasteiger partial charge in [-0.1, -0.05) is 27.7 Å². The molecule has 2 atom stereocenters. The molecule has 1 saturated heterocycles. The van der Waals surface area contributed by atoms with Gasteiger partial charge in [-0.2, -0.15) is 0 Å². The molecule has 0 aromatic heterocycles. The van der Waals surface area contributed by atoms with Crippen LogP contribution in [-0.4, -0.2) is 50.3 Å². The Morgan fingerprint density at radius 3 is 2.70 bits per heavy atom. The molecule has 3 heteroatoms. The van der Waals surface area contributed by atoms with E-state index >= 15 is 0 Å². The number of rotatable bonds is 9. The summed E-state index contributed by atoms with van der Waals surface area (Å²) < 4.78 is 5.82. The van der Waals surface area contributed by atoms with Crippen LogP contribution >= 0.6 is 0 Å². The normalized spacial score (nSPS) is 24.0. The molecule has 120 valence electrons. The van der Waals surface area contributed by atoms with Crippen molar-refractivity contribution in [2.24, 2.45) is 11.3 Å². The van der Waals surface area contributed by atoms with E-state index in [1.165, 1.54) is 32.4 Å². The number of hydrogen-bond acceptors (Lipinski definition) is 3. The van der Waals surface area contributed by atoms with Gasteiger partial charge < -0.3 is 15.0 Å². The lowest BCUT2D eigenvalue weighted by Crippen LogP contribution is -2.47. The lowest BCUT2D eigenvalue weighted by atomic mass is 9.86. The zero-order valence-corrected chi connectivity index (χ0v) is 14.4. The number of hydrogen-bond donors (Lipinski definition) is 1. The minimum absolute atomic E-state index is 0.378. The summed E-state index contributed by atoms with van der Waals surface area (Å²) in [5, 5.41) is 3.64. The van der Waals surface area contributed by atoms with E-state index in [-0.39, 0.29) is 0 Å². The summed E-state index contributed by atoms with van der Waals surface area (Å²) >= 11 is 0. The van der Waals surface area contributed by atoms with Gasteiger partial charge in [0.05, 0.1) is 6.10 Å². The molecule has 0 radical (unpaired) electrons. The van der Waals surface area contributed by atoms with Gasteiger partial charge >= 0.3 is 0 Å². The summed E-state index contributed by atoms with van der Waals surface area (Å²) in [6.45, 7) is 18.0. The minimum atomic E-state index is 0.378. The van der Waals surface area contributed by atoms with E-state index in [0.29, 0.717) is 11.5 Å². The van der Waals surface area contributed by atoms with Crippen LogP contribution in [0.4, 0.5) is 0 Å². The van der Waals surface area contributed by atoms with Crippen LogP contribution in [0.3, 0.4) is 0 Å². The SMILES string of the molecule is CCOC1CCCN(CC(C)(CC)CNCC(C)C)C1. The Kier molecular flexibility index (Phi) is 8.08. The maximum absolute atomic E-state index is 5.82. The summed E-state index contributed by atoms with van der Waals surface area (Å²) in [7, 11) is 0. The van der Waals surface area contributed by atoms with Gasteiger partial charge in [0.15, 0.2) is 0 Å². The highest BCUT2D eigenvalue weighted by Gasteiger charge is 2.28. The van der Waals surface area contributed by atoms with E-state index in [4.69, 9.17) is 4.74 Å². The molecular weight excluding hydrogens is 248 g/mol. The predicted molar refractivity (Wildman–Crippen MR) is 87.2 cm³/mol. The minimum Gasteiger partial charge on any atom is -0.377 e. The number of nitrogens with zero attached hydrogens (tertiary/aromatic N) is 1. The first kappa shape index (κ1) is 17.9. The van der Waals surface area contributed by atoms with E-state index in [2.05, 4.69) is 44.8 Å². The maximum Gasteiger partial charge on any atom is 0.0702 e. The molecule has 0 bridgehead atoms. The molecule has 2 unspecified atom stereocenters. The summed E-state index contributed by atoms with van der Waals surface area (Å²) in [6.07, 6.45) is 4.20. The van der Waals surface area contributed by atoms with Crippen LogP contribution in [0.25, 0.3) is 0 Å². The first-order valence-electron chi connectivity index (χ1n) is 8.53. The first-order chi connectivity index (χ1) is 9.49. The zero-order chi connectivity index (χ0) is 15.0. The smallest absolute Gasteiger partial charge is 0.0702 e. The fourth-order valence-electron chi connectivity index (χ4n) is 3.02. The molecule has 0 aromatic carbocycles. The molecule has 0 saturated carbocycles. The van der Waals surface area contributed by atoms with Crippen molar-refractivity contribution >= 4 is 0 Å². The summed E-state index contributed by atoms with van der Waals surface area (Å²) in [5.41, 5.74) is 0.378. The quantitative estimate of drug-likeness (QED) is 0.704. The molecule has 0 spiro atoms. The van der Waals surface area contributed by atoms with Gasteiger partial charge in [0, 0.05) is 26.2 Å². The van der Waals surface area contributed by atoms with E-state index in [1.54, 1.807) is 0 Å². The summed E-state index contributed by atoms with van der Waals surface area (Å²) in [5.74, 6) is 0.730. The van der Waals surface area contributed by atoms with Crippen LogP contribution in [0.15, 0.2) is 0 Å². The Morgan fingerprint density at radius 2 is 2.10 bits per heavy atom. The molecule has 20 heavy (non-hydrogen) atoms. The maximum atomic E-state index is 5.82. The molecule has 1 N–H and O–H groups in total. The standard InChI is InChI=1S/C17H36N2O/c1-6-17(5,13-18-11-15(3)4)14-19-10-8-9-16(12-19)20-7-2/h15-16,18H,6-14H2,1-5H3. The average molecular weight is 284 g/mol. The van der Waals surface area contributed by atoms with Gasteiger partial charge in [-0.3, -0.25) is 0 Å². The van der Waals surface area contributed by atoms with Gasteiger partial charge in [0.25, 0.3) is 0 Å². The fourth-order valence-corrected chi connectivity index (χ4v) is 3.02. The second-order valence-corrected chi connectivity index (χ2v) is 7.14. The van der Waals surface area contributed by atoms with Crippen molar-refractivity contribution in [1.29, 1.82) is 0 Å². The predicted octanol–water partition coefficient (Wildman–Crippen LogP) is 3.15. The number of ether oxygens (including phenoxy) is 1. The molecule has 1 heterocycles. The highest BCUT2D eigenvalue weighted by molar-refractivity contribution is 4.83. The monoisotopic (exact) mass is 284 g/mol. The Bertz CT molecular complexity index is 255. The van der Waals surface area contributed by atoms with E-state index in [9.17, 15) is 0 Å². The van der Waals surface area contributed by atoms with Crippen molar-refractivity contribution in [3.8, 4) is 0 Å². The van der Waals surface area contributed by atoms with Crippen LogP contribution in [0.5, 0.6) is 0 Å². The summed E-state index contributed by atoms with van der Waals surface area (Å²) in [6, 6.07) is 0. The largest absolute Gasteiger partial charge is 0.377 e. The second-order valence-electron chi connectivity index (χ2n) is 7.14. The van der Waals surface area contributed by atoms with Crippen molar-refractivity contribution in [2.75, 3.05) is 39.3 Å². The van der Waals surface area contributed by atoms with Crippen LogP contribution in [0.1, 0.15) is 53.9 Å². The lowest BCUT2D eigenvalue weighted by molar-refractivity contribution is -0.00562. The molecule has 3 nitrogen and oxygen atoms in total. The van der Waals surface area contributed by atoms with E-state index in [1.807, 2.05) is 0 Å². The fraction of sp³-hybridized carbons (Fsp3) is 1.00.